The fourth-order valence-corrected chi connectivity index (χ4v) is 2.87. The minimum Gasteiger partial charge on any atom is -0.320 e. The Morgan fingerprint density at radius 1 is 1.50 bits per heavy atom. The highest BCUT2D eigenvalue weighted by Gasteiger charge is 2.24. The van der Waals surface area contributed by atoms with Gasteiger partial charge in [-0.05, 0) is 29.9 Å². The van der Waals surface area contributed by atoms with Crippen LogP contribution in [-0.4, -0.2) is 23.2 Å². The first-order chi connectivity index (χ1) is 6.84. The Hall–Kier alpha value is -0.960. The van der Waals surface area contributed by atoms with Crippen molar-refractivity contribution in [1.29, 1.82) is 0 Å². The van der Waals surface area contributed by atoms with E-state index in [1.54, 1.807) is 11.8 Å². The molecule has 0 N–H and O–H groups in total. The van der Waals surface area contributed by atoms with E-state index in [1.165, 1.54) is 22.0 Å². The van der Waals surface area contributed by atoms with Crippen molar-refractivity contribution >= 4 is 16.9 Å². The number of aliphatic imine (C=N–C) groups is 1. The lowest BCUT2D eigenvalue weighted by molar-refractivity contribution is 0.580. The molecule has 0 amide bonds. The number of nitrogens with zero attached hydrogens (tertiary/aromatic N) is 2. The van der Waals surface area contributed by atoms with Crippen molar-refractivity contribution in [2.24, 2.45) is 4.99 Å². The quantitative estimate of drug-likeness (QED) is 0.602. The first-order valence-corrected chi connectivity index (χ1v) is 5.75. The molecule has 1 aliphatic carbocycles. The van der Waals surface area contributed by atoms with Crippen molar-refractivity contribution in [1.82, 2.24) is 4.90 Å². The molecule has 3 aliphatic rings. The first kappa shape index (κ1) is 8.36. The van der Waals surface area contributed by atoms with Crippen LogP contribution < -0.4 is 0 Å². The summed E-state index contributed by atoms with van der Waals surface area (Å²) in [5.41, 5.74) is 4.29. The topological polar surface area (TPSA) is 15.6 Å². The van der Waals surface area contributed by atoms with E-state index in [0.717, 1.165) is 19.5 Å². The molecule has 0 bridgehead atoms. The minimum absolute atomic E-state index is 0.891. The molecule has 0 unspecified atom stereocenters. The van der Waals surface area contributed by atoms with Gasteiger partial charge in [-0.25, -0.2) is 0 Å². The lowest BCUT2D eigenvalue weighted by Crippen LogP contribution is -2.24. The van der Waals surface area contributed by atoms with Crippen molar-refractivity contribution in [2.75, 3.05) is 13.1 Å². The van der Waals surface area contributed by atoms with Crippen molar-refractivity contribution in [3.63, 3.8) is 0 Å². The number of rotatable bonds is 0. The second kappa shape index (κ2) is 3.02. The molecule has 2 nitrogen and oxygen atoms in total. The van der Waals surface area contributed by atoms with E-state index >= 15 is 0 Å². The smallest absolute Gasteiger partial charge is 0.168 e. The van der Waals surface area contributed by atoms with Gasteiger partial charge >= 0.3 is 0 Å². The number of amidine groups is 1. The zero-order valence-electron chi connectivity index (χ0n) is 8.16. The van der Waals surface area contributed by atoms with Crippen LogP contribution in [0.25, 0.3) is 0 Å². The average Bonchev–Trinajstić information content (AvgIpc) is 2.71. The molecule has 0 aromatic heterocycles. The second-order valence-electron chi connectivity index (χ2n) is 3.80. The molecule has 0 atom stereocenters. The van der Waals surface area contributed by atoms with Crippen LogP contribution in [0.3, 0.4) is 0 Å². The fraction of sp³-hybridized carbons (Fsp3) is 0.364. The van der Waals surface area contributed by atoms with Crippen LogP contribution >= 0.6 is 11.8 Å². The van der Waals surface area contributed by atoms with Gasteiger partial charge in [0.15, 0.2) is 5.17 Å². The normalized spacial score (nSPS) is 24.5. The molecular weight excluding hydrogens is 192 g/mol. The summed E-state index contributed by atoms with van der Waals surface area (Å²) in [7, 11) is 0. The molecular formula is C11H12N2S. The van der Waals surface area contributed by atoms with Gasteiger partial charge in [-0.15, -0.1) is 0 Å². The summed E-state index contributed by atoms with van der Waals surface area (Å²) < 4.78 is 0. The number of hydrogen-bond donors (Lipinski definition) is 0. The average molecular weight is 204 g/mol. The van der Waals surface area contributed by atoms with Gasteiger partial charge in [0.2, 0.25) is 0 Å². The number of thioether (sulfide) groups is 1. The summed E-state index contributed by atoms with van der Waals surface area (Å²) in [6.07, 6.45) is 5.60. The Morgan fingerprint density at radius 2 is 2.43 bits per heavy atom. The lowest BCUT2D eigenvalue weighted by atomic mass is 10.1. The van der Waals surface area contributed by atoms with Gasteiger partial charge in [0, 0.05) is 12.2 Å². The molecule has 0 spiro atoms. The number of fused-ring (bicyclic) bond motifs is 1. The summed E-state index contributed by atoms with van der Waals surface area (Å²) in [5.74, 6) is 0. The van der Waals surface area contributed by atoms with Crippen LogP contribution in [0.15, 0.2) is 39.4 Å². The molecule has 0 aromatic rings. The third kappa shape index (κ3) is 1.16. The minimum atomic E-state index is 0.891. The SMILES string of the molecule is CC1=CSC2=NCC3=C(C=CC3)CN12. The summed E-state index contributed by atoms with van der Waals surface area (Å²) in [6.45, 7) is 4.06. The van der Waals surface area contributed by atoms with Crippen LogP contribution in [0.2, 0.25) is 0 Å². The zero-order valence-corrected chi connectivity index (χ0v) is 8.97. The largest absolute Gasteiger partial charge is 0.320 e. The molecule has 72 valence electrons. The van der Waals surface area contributed by atoms with Gasteiger partial charge in [0.1, 0.15) is 0 Å². The number of allylic oxidation sites excluding steroid dienone is 2. The summed E-state index contributed by atoms with van der Waals surface area (Å²) in [5, 5.41) is 3.36. The maximum Gasteiger partial charge on any atom is 0.168 e. The van der Waals surface area contributed by atoms with Crippen LogP contribution in [0.5, 0.6) is 0 Å². The van der Waals surface area contributed by atoms with Crippen molar-refractivity contribution in [3.05, 3.63) is 34.4 Å². The van der Waals surface area contributed by atoms with Gasteiger partial charge in [0.05, 0.1) is 6.54 Å². The highest BCUT2D eigenvalue weighted by molar-refractivity contribution is 8.16. The van der Waals surface area contributed by atoms with Gasteiger partial charge in [-0.2, -0.15) is 0 Å². The first-order valence-electron chi connectivity index (χ1n) is 4.87. The molecule has 3 heteroatoms. The predicted molar refractivity (Wildman–Crippen MR) is 61.1 cm³/mol. The molecule has 0 fully saturated rings. The van der Waals surface area contributed by atoms with Gasteiger partial charge in [0.25, 0.3) is 0 Å². The Morgan fingerprint density at radius 3 is 3.36 bits per heavy atom. The molecule has 14 heavy (non-hydrogen) atoms. The van der Waals surface area contributed by atoms with E-state index in [9.17, 15) is 0 Å². The molecule has 0 radical (unpaired) electrons. The maximum absolute atomic E-state index is 4.63. The summed E-state index contributed by atoms with van der Waals surface area (Å²) >= 11 is 1.75. The van der Waals surface area contributed by atoms with Crippen LogP contribution in [0.1, 0.15) is 13.3 Å². The Balaban J connectivity index is 1.96. The zero-order chi connectivity index (χ0) is 9.54. The van der Waals surface area contributed by atoms with Gasteiger partial charge in [-0.1, -0.05) is 23.9 Å². The molecule has 0 aromatic carbocycles. The predicted octanol–water partition coefficient (Wildman–Crippen LogP) is 2.52. The van der Waals surface area contributed by atoms with Gasteiger partial charge in [-0.3, -0.25) is 4.99 Å². The third-order valence-electron chi connectivity index (χ3n) is 2.86. The third-order valence-corrected chi connectivity index (χ3v) is 3.88. The lowest BCUT2D eigenvalue weighted by Gasteiger charge is -2.18. The van der Waals surface area contributed by atoms with E-state index in [0.29, 0.717) is 0 Å². The fourth-order valence-electron chi connectivity index (χ4n) is 1.99. The highest BCUT2D eigenvalue weighted by atomic mass is 32.2. The van der Waals surface area contributed by atoms with Crippen molar-refractivity contribution in [2.45, 2.75) is 13.3 Å². The van der Waals surface area contributed by atoms with Crippen molar-refractivity contribution < 1.29 is 0 Å². The van der Waals surface area contributed by atoms with Crippen LogP contribution in [0.4, 0.5) is 0 Å². The molecule has 0 saturated heterocycles. The molecule has 0 saturated carbocycles. The van der Waals surface area contributed by atoms with Crippen LogP contribution in [-0.2, 0) is 0 Å². The van der Waals surface area contributed by atoms with E-state index in [1.807, 2.05) is 0 Å². The standard InChI is InChI=1S/C11H12N2S/c1-8-7-14-11-12-5-9-3-2-4-10(9)6-13(8)11/h2,4,7H,3,5-6H2,1H3. The van der Waals surface area contributed by atoms with Crippen molar-refractivity contribution in [3.8, 4) is 0 Å². The molecule has 2 heterocycles. The van der Waals surface area contributed by atoms with E-state index in [-0.39, 0.29) is 0 Å². The number of hydrogen-bond acceptors (Lipinski definition) is 3. The van der Waals surface area contributed by atoms with E-state index in [2.05, 4.69) is 34.4 Å². The highest BCUT2D eigenvalue weighted by Crippen LogP contribution is 2.32. The summed E-state index contributed by atoms with van der Waals surface area (Å²) in [4.78, 5) is 6.94. The molecule has 2 aliphatic heterocycles. The Bertz CT molecular complexity index is 402. The Kier molecular flexibility index (Phi) is 1.80. The monoisotopic (exact) mass is 204 g/mol. The second-order valence-corrected chi connectivity index (χ2v) is 4.63. The summed E-state index contributed by atoms with van der Waals surface area (Å²) in [6, 6.07) is 0. The van der Waals surface area contributed by atoms with Crippen LogP contribution in [0, 0.1) is 0 Å². The Labute approximate surface area is 88.1 Å². The van der Waals surface area contributed by atoms with E-state index < -0.39 is 0 Å². The molecule has 3 rings (SSSR count). The van der Waals surface area contributed by atoms with E-state index in [4.69, 9.17) is 0 Å². The maximum atomic E-state index is 4.63. The van der Waals surface area contributed by atoms with Gasteiger partial charge < -0.3 is 4.90 Å².